The van der Waals surface area contributed by atoms with Crippen LogP contribution in [0.1, 0.15) is 4.88 Å². The molecular weight excluding hydrogens is 334 g/mol. The zero-order valence-electron chi connectivity index (χ0n) is 12.2. The van der Waals surface area contributed by atoms with E-state index in [1.54, 1.807) is 29.5 Å². The Morgan fingerprint density at radius 2 is 2.22 bits per heavy atom. The van der Waals surface area contributed by atoms with Crippen LogP contribution in [0.3, 0.4) is 0 Å². The number of halogens is 1. The maximum absolute atomic E-state index is 12.4. The average Bonchev–Trinajstić information content (AvgIpc) is 3.04. The van der Waals surface area contributed by atoms with Crippen molar-refractivity contribution in [1.82, 2.24) is 14.9 Å². The van der Waals surface area contributed by atoms with Gasteiger partial charge in [-0.05, 0) is 36.1 Å². The van der Waals surface area contributed by atoms with E-state index in [1.165, 1.54) is 15.8 Å². The summed E-state index contributed by atoms with van der Waals surface area (Å²) in [6.07, 6.45) is 2.17. The summed E-state index contributed by atoms with van der Waals surface area (Å²) in [6, 6.07) is 8.94. The predicted molar refractivity (Wildman–Crippen MR) is 92.0 cm³/mol. The van der Waals surface area contributed by atoms with Crippen LogP contribution in [-0.2, 0) is 17.8 Å². The molecule has 0 unspecified atom stereocenters. The van der Waals surface area contributed by atoms with E-state index in [2.05, 4.69) is 10.3 Å². The zero-order chi connectivity index (χ0) is 16.2. The van der Waals surface area contributed by atoms with Crippen LogP contribution in [0.4, 0.5) is 0 Å². The molecule has 0 radical (unpaired) electrons. The first kappa shape index (κ1) is 15.7. The number of carbonyl (C=O) groups excluding carboxylic acids is 1. The van der Waals surface area contributed by atoms with Crippen molar-refractivity contribution < 1.29 is 4.79 Å². The molecule has 3 aromatic rings. The molecule has 23 heavy (non-hydrogen) atoms. The molecule has 1 aromatic carbocycles. The number of thiophene rings is 1. The van der Waals surface area contributed by atoms with Crippen molar-refractivity contribution in [1.29, 1.82) is 0 Å². The number of nitrogens with one attached hydrogen (secondary N) is 1. The Balaban J connectivity index is 1.67. The molecule has 0 bridgehead atoms. The van der Waals surface area contributed by atoms with E-state index in [4.69, 9.17) is 11.6 Å². The lowest BCUT2D eigenvalue weighted by molar-refractivity contribution is -0.121. The summed E-state index contributed by atoms with van der Waals surface area (Å²) in [6.45, 7) is 0.486. The largest absolute Gasteiger partial charge is 0.354 e. The lowest BCUT2D eigenvalue weighted by atomic mass is 10.2. The molecule has 0 fully saturated rings. The fraction of sp³-hybridized carbons (Fsp3) is 0.188. The maximum atomic E-state index is 12.4. The van der Waals surface area contributed by atoms with E-state index in [1.807, 2.05) is 17.5 Å². The molecule has 3 rings (SSSR count). The molecule has 0 saturated heterocycles. The van der Waals surface area contributed by atoms with Gasteiger partial charge >= 0.3 is 0 Å². The van der Waals surface area contributed by atoms with Crippen molar-refractivity contribution in [3.8, 4) is 0 Å². The van der Waals surface area contributed by atoms with Gasteiger partial charge in [-0.1, -0.05) is 17.7 Å². The molecule has 0 aliphatic heterocycles. The maximum Gasteiger partial charge on any atom is 0.261 e. The van der Waals surface area contributed by atoms with E-state index >= 15 is 0 Å². The van der Waals surface area contributed by atoms with E-state index in [9.17, 15) is 9.59 Å². The lowest BCUT2D eigenvalue weighted by Gasteiger charge is -2.07. The van der Waals surface area contributed by atoms with Gasteiger partial charge < -0.3 is 5.32 Å². The molecule has 0 atom stereocenters. The first-order valence-electron chi connectivity index (χ1n) is 7.07. The van der Waals surface area contributed by atoms with E-state index in [0.717, 1.165) is 6.42 Å². The van der Waals surface area contributed by atoms with Crippen molar-refractivity contribution in [2.24, 2.45) is 0 Å². The van der Waals surface area contributed by atoms with E-state index in [0.29, 0.717) is 22.5 Å². The highest BCUT2D eigenvalue weighted by atomic mass is 35.5. The summed E-state index contributed by atoms with van der Waals surface area (Å²) in [4.78, 5) is 29.7. The number of nitrogens with zero attached hydrogens (tertiary/aromatic N) is 2. The van der Waals surface area contributed by atoms with Gasteiger partial charge in [0.25, 0.3) is 5.56 Å². The Hall–Kier alpha value is -2.18. The molecule has 1 amide bonds. The summed E-state index contributed by atoms with van der Waals surface area (Å²) in [5, 5.41) is 5.69. The van der Waals surface area contributed by atoms with E-state index in [-0.39, 0.29) is 18.0 Å². The van der Waals surface area contributed by atoms with Crippen LogP contribution in [0.2, 0.25) is 5.02 Å². The van der Waals surface area contributed by atoms with Crippen molar-refractivity contribution in [3.05, 3.63) is 62.3 Å². The highest BCUT2D eigenvalue weighted by Gasteiger charge is 2.08. The third kappa shape index (κ3) is 3.78. The molecule has 0 saturated carbocycles. The third-order valence-electron chi connectivity index (χ3n) is 3.37. The number of carbonyl (C=O) groups is 1. The zero-order valence-corrected chi connectivity index (χ0v) is 13.7. The molecule has 5 nitrogen and oxygen atoms in total. The monoisotopic (exact) mass is 347 g/mol. The number of hydrogen-bond acceptors (Lipinski definition) is 4. The molecular formula is C16H14ClN3O2S. The Bertz CT molecular complexity index is 890. The van der Waals surface area contributed by atoms with Gasteiger partial charge in [-0.25, -0.2) is 4.98 Å². The second kappa shape index (κ2) is 6.93. The van der Waals surface area contributed by atoms with Crippen molar-refractivity contribution in [2.45, 2.75) is 13.0 Å². The molecule has 118 valence electrons. The van der Waals surface area contributed by atoms with Crippen LogP contribution in [0.5, 0.6) is 0 Å². The quantitative estimate of drug-likeness (QED) is 0.771. The fourth-order valence-corrected chi connectivity index (χ4v) is 3.12. The van der Waals surface area contributed by atoms with Crippen molar-refractivity contribution in [3.63, 3.8) is 0 Å². The van der Waals surface area contributed by atoms with Gasteiger partial charge in [0.2, 0.25) is 5.91 Å². The minimum atomic E-state index is -0.272. The Kier molecular flexibility index (Phi) is 4.73. The van der Waals surface area contributed by atoms with Gasteiger partial charge in [0.15, 0.2) is 0 Å². The van der Waals surface area contributed by atoms with E-state index < -0.39 is 0 Å². The predicted octanol–water partition coefficient (Wildman–Crippen LogP) is 2.47. The number of fused-ring (bicyclic) bond motifs is 1. The van der Waals surface area contributed by atoms with Gasteiger partial charge in [-0.15, -0.1) is 11.3 Å². The number of hydrogen-bond donors (Lipinski definition) is 1. The van der Waals surface area contributed by atoms with Crippen LogP contribution in [-0.4, -0.2) is 22.0 Å². The topological polar surface area (TPSA) is 64.0 Å². The van der Waals surface area contributed by atoms with Gasteiger partial charge in [0.1, 0.15) is 6.54 Å². The number of amides is 1. The molecule has 0 aliphatic rings. The van der Waals surface area contributed by atoms with Crippen LogP contribution < -0.4 is 10.9 Å². The summed E-state index contributed by atoms with van der Waals surface area (Å²) < 4.78 is 1.29. The summed E-state index contributed by atoms with van der Waals surface area (Å²) in [5.74, 6) is -0.216. The summed E-state index contributed by atoms with van der Waals surface area (Å²) in [7, 11) is 0. The Labute approximate surface area is 141 Å². The van der Waals surface area contributed by atoms with Crippen LogP contribution in [0, 0.1) is 0 Å². The first-order valence-corrected chi connectivity index (χ1v) is 8.33. The second-order valence-corrected chi connectivity index (χ2v) is 6.49. The summed E-state index contributed by atoms with van der Waals surface area (Å²) in [5.41, 5.74) is 0.291. The molecule has 2 heterocycles. The lowest BCUT2D eigenvalue weighted by Crippen LogP contribution is -2.33. The standard InChI is InChI=1S/C16H14ClN3O2S/c17-11-3-4-14-13(8-11)16(22)20(10-19-14)9-15(21)18-6-5-12-2-1-7-23-12/h1-4,7-8,10H,5-6,9H2,(H,18,21). The normalized spacial score (nSPS) is 10.8. The van der Waals surface area contributed by atoms with Crippen molar-refractivity contribution in [2.75, 3.05) is 6.54 Å². The number of aromatic nitrogens is 2. The molecule has 0 aliphatic carbocycles. The smallest absolute Gasteiger partial charge is 0.261 e. The second-order valence-electron chi connectivity index (χ2n) is 5.02. The SMILES string of the molecule is O=C(Cn1cnc2ccc(Cl)cc2c1=O)NCCc1cccs1. The van der Waals surface area contributed by atoms with Gasteiger partial charge in [0.05, 0.1) is 17.2 Å². The molecule has 0 spiro atoms. The molecule has 1 N–H and O–H groups in total. The van der Waals surface area contributed by atoms with Crippen LogP contribution >= 0.6 is 22.9 Å². The van der Waals surface area contributed by atoms with Gasteiger partial charge in [-0.2, -0.15) is 0 Å². The van der Waals surface area contributed by atoms with Gasteiger partial charge in [-0.3, -0.25) is 14.2 Å². The Morgan fingerprint density at radius 3 is 3.00 bits per heavy atom. The fourth-order valence-electron chi connectivity index (χ4n) is 2.23. The Morgan fingerprint density at radius 1 is 1.35 bits per heavy atom. The highest BCUT2D eigenvalue weighted by molar-refractivity contribution is 7.09. The molecule has 2 aromatic heterocycles. The van der Waals surface area contributed by atoms with Crippen LogP contribution in [0.15, 0.2) is 46.8 Å². The molecule has 7 heteroatoms. The highest BCUT2D eigenvalue weighted by Crippen LogP contribution is 2.14. The average molecular weight is 348 g/mol. The third-order valence-corrected chi connectivity index (χ3v) is 4.54. The minimum absolute atomic E-state index is 0.0568. The van der Waals surface area contributed by atoms with Gasteiger partial charge in [0, 0.05) is 16.4 Å². The van der Waals surface area contributed by atoms with Crippen molar-refractivity contribution >= 4 is 39.7 Å². The number of benzene rings is 1. The summed E-state index contributed by atoms with van der Waals surface area (Å²) >= 11 is 7.57. The number of rotatable bonds is 5. The first-order chi connectivity index (χ1) is 11.1. The minimum Gasteiger partial charge on any atom is -0.354 e. The van der Waals surface area contributed by atoms with Crippen LogP contribution in [0.25, 0.3) is 10.9 Å².